The molecule has 2 nitrogen and oxygen atoms in total. The van der Waals surface area contributed by atoms with E-state index in [9.17, 15) is 9.90 Å². The minimum atomic E-state index is -0.709. The van der Waals surface area contributed by atoms with Crippen molar-refractivity contribution in [1.82, 2.24) is 0 Å². The van der Waals surface area contributed by atoms with Crippen molar-refractivity contribution in [1.29, 1.82) is 0 Å². The van der Waals surface area contributed by atoms with Crippen LogP contribution in [0, 0.1) is 50.7 Å². The fourth-order valence-electron chi connectivity index (χ4n) is 10.9. The highest BCUT2D eigenvalue weighted by Gasteiger charge is 2.82. The summed E-state index contributed by atoms with van der Waals surface area (Å²) in [7, 11) is 0. The summed E-state index contributed by atoms with van der Waals surface area (Å²) in [5.74, 6) is 3.48. The summed E-state index contributed by atoms with van der Waals surface area (Å²) in [5, 5.41) is 10.1. The Labute approximate surface area is 197 Å². The summed E-state index contributed by atoms with van der Waals surface area (Å²) >= 11 is 0. The molecule has 0 heterocycles. The van der Waals surface area contributed by atoms with E-state index in [1.165, 1.54) is 51.4 Å². The third-order valence-electron chi connectivity index (χ3n) is 12.6. The monoisotopic (exact) mass is 440 g/mol. The number of ketones is 1. The van der Waals surface area contributed by atoms with Crippen molar-refractivity contribution in [3.63, 3.8) is 0 Å². The molecule has 8 atom stereocenters. The average molecular weight is 441 g/mol. The molecule has 0 bridgehead atoms. The van der Waals surface area contributed by atoms with E-state index in [0.717, 1.165) is 24.7 Å². The van der Waals surface area contributed by atoms with Crippen molar-refractivity contribution >= 4 is 5.78 Å². The Hall–Kier alpha value is -0.630. The first-order chi connectivity index (χ1) is 14.7. The zero-order valence-corrected chi connectivity index (χ0v) is 21.9. The zero-order valence-electron chi connectivity index (χ0n) is 21.9. The predicted octanol–water partition coefficient (Wildman–Crippen LogP) is 7.35. The van der Waals surface area contributed by atoms with E-state index in [4.69, 9.17) is 0 Å². The van der Waals surface area contributed by atoms with E-state index >= 15 is 0 Å². The van der Waals surface area contributed by atoms with Crippen LogP contribution in [0.1, 0.15) is 113 Å². The molecule has 5 aliphatic rings. The smallest absolute Gasteiger partial charge is 0.138 e. The molecule has 0 aromatic rings. The van der Waals surface area contributed by atoms with E-state index < -0.39 is 5.60 Å². The molecule has 1 N–H and O–H groups in total. The quantitative estimate of drug-likeness (QED) is 0.464. The van der Waals surface area contributed by atoms with E-state index in [1.807, 2.05) is 19.9 Å². The van der Waals surface area contributed by atoms with Crippen LogP contribution in [-0.4, -0.2) is 16.5 Å². The number of fused-ring (bicyclic) bond motifs is 2. The lowest BCUT2D eigenvalue weighted by Gasteiger charge is -2.62. The summed E-state index contributed by atoms with van der Waals surface area (Å²) in [6, 6.07) is 0. The Bertz CT molecular complexity index is 832. The van der Waals surface area contributed by atoms with Crippen LogP contribution in [0.25, 0.3) is 0 Å². The molecule has 5 fully saturated rings. The standard InChI is InChI=1S/C30H48O2/c1-20(9-8-14-25(2,3)32)21-12-15-28(7)23-11-10-22-26(4,5)24(31)13-16-29(22)19-30(23,29)18-17-27(21,28)6/h8,14,20-23,32H,9-13,15-19H2,1-7H3/b14-8+/t20-,21-,22+,23+,27-,28+,29-,30+/m1/s1. The number of hydrogen-bond acceptors (Lipinski definition) is 2. The van der Waals surface area contributed by atoms with Gasteiger partial charge in [-0.2, -0.15) is 0 Å². The highest BCUT2D eigenvalue weighted by Crippen LogP contribution is 2.88. The summed E-state index contributed by atoms with van der Waals surface area (Å²) < 4.78 is 0. The number of aliphatic hydroxyl groups is 1. The predicted molar refractivity (Wildman–Crippen MR) is 131 cm³/mol. The van der Waals surface area contributed by atoms with Crippen molar-refractivity contribution in [3.05, 3.63) is 12.2 Å². The van der Waals surface area contributed by atoms with Gasteiger partial charge in [0.25, 0.3) is 0 Å². The van der Waals surface area contributed by atoms with Crippen LogP contribution in [0.5, 0.6) is 0 Å². The number of rotatable bonds is 4. The van der Waals surface area contributed by atoms with Crippen LogP contribution in [0.15, 0.2) is 12.2 Å². The van der Waals surface area contributed by atoms with Gasteiger partial charge in [0.05, 0.1) is 5.60 Å². The fraction of sp³-hybridized carbons (Fsp3) is 0.900. The van der Waals surface area contributed by atoms with Gasteiger partial charge in [0.2, 0.25) is 0 Å². The third-order valence-corrected chi connectivity index (χ3v) is 12.6. The molecule has 5 rings (SSSR count). The molecule has 5 aliphatic carbocycles. The van der Waals surface area contributed by atoms with Crippen molar-refractivity contribution in [2.45, 2.75) is 118 Å². The van der Waals surface area contributed by atoms with E-state index in [2.05, 4.69) is 40.7 Å². The van der Waals surface area contributed by atoms with Crippen molar-refractivity contribution in [2.24, 2.45) is 50.7 Å². The third kappa shape index (κ3) is 2.77. The molecule has 180 valence electrons. The lowest BCUT2D eigenvalue weighted by atomic mass is 9.42. The highest BCUT2D eigenvalue weighted by molar-refractivity contribution is 5.86. The molecule has 2 heteroatoms. The minimum absolute atomic E-state index is 0.103. The first-order valence-corrected chi connectivity index (χ1v) is 13.7. The fourth-order valence-corrected chi connectivity index (χ4v) is 10.9. The molecule has 0 saturated heterocycles. The molecule has 0 aromatic carbocycles. The largest absolute Gasteiger partial charge is 0.386 e. The average Bonchev–Trinajstić information content (AvgIpc) is 3.27. The van der Waals surface area contributed by atoms with Crippen molar-refractivity contribution in [3.8, 4) is 0 Å². The lowest BCUT2D eigenvalue weighted by molar-refractivity contribution is -0.156. The van der Waals surface area contributed by atoms with Crippen molar-refractivity contribution in [2.75, 3.05) is 0 Å². The second-order valence-corrected chi connectivity index (χ2v) is 14.6. The Balaban J connectivity index is 1.40. The van der Waals surface area contributed by atoms with E-state index in [1.54, 1.807) is 0 Å². The number of allylic oxidation sites excluding steroid dienone is 1. The maximum atomic E-state index is 12.8. The lowest BCUT2D eigenvalue weighted by Crippen LogP contribution is -2.57. The minimum Gasteiger partial charge on any atom is -0.386 e. The van der Waals surface area contributed by atoms with Crippen LogP contribution in [0.3, 0.4) is 0 Å². The number of Topliss-reactive ketones (excluding diaryl/α,β-unsaturated/α-hetero) is 1. The SMILES string of the molecule is C[C@H](C/C=C/C(C)(C)O)[C@H]1CC[C@@]2(C)[C@@H]3CC[C@H]4C(C)(C)C(=O)CC[C@@]45C[C@@]35CC[C@]12C. The van der Waals surface area contributed by atoms with Gasteiger partial charge in [0.1, 0.15) is 5.78 Å². The molecule has 0 aromatic heterocycles. The van der Waals surface area contributed by atoms with Crippen LogP contribution < -0.4 is 0 Å². The second-order valence-electron chi connectivity index (χ2n) is 14.6. The molecular formula is C30H48O2. The topological polar surface area (TPSA) is 37.3 Å². The van der Waals surface area contributed by atoms with Gasteiger partial charge in [-0.05, 0) is 117 Å². The van der Waals surface area contributed by atoms with Crippen LogP contribution in [-0.2, 0) is 4.79 Å². The maximum Gasteiger partial charge on any atom is 0.138 e. The normalized spacial score (nSPS) is 50.4. The Morgan fingerprint density at radius 2 is 1.62 bits per heavy atom. The molecule has 0 radical (unpaired) electrons. The molecule has 0 aliphatic heterocycles. The first-order valence-electron chi connectivity index (χ1n) is 13.7. The molecule has 32 heavy (non-hydrogen) atoms. The van der Waals surface area contributed by atoms with Crippen molar-refractivity contribution < 1.29 is 9.90 Å². The van der Waals surface area contributed by atoms with Crippen LogP contribution >= 0.6 is 0 Å². The number of carbonyl (C=O) groups is 1. The summed E-state index contributed by atoms with van der Waals surface area (Å²) in [4.78, 5) is 12.8. The van der Waals surface area contributed by atoms with Crippen LogP contribution in [0.4, 0.5) is 0 Å². The number of hydrogen-bond donors (Lipinski definition) is 1. The van der Waals surface area contributed by atoms with Gasteiger partial charge in [-0.3, -0.25) is 4.79 Å². The summed E-state index contributed by atoms with van der Waals surface area (Å²) in [6.07, 6.45) is 16.9. The van der Waals surface area contributed by atoms with E-state index in [-0.39, 0.29) is 5.41 Å². The summed E-state index contributed by atoms with van der Waals surface area (Å²) in [5.41, 5.74) is 1.09. The zero-order chi connectivity index (χ0) is 23.4. The van der Waals surface area contributed by atoms with Gasteiger partial charge in [0, 0.05) is 11.8 Å². The van der Waals surface area contributed by atoms with E-state index in [0.29, 0.717) is 39.3 Å². The van der Waals surface area contributed by atoms with Gasteiger partial charge < -0.3 is 5.11 Å². The Morgan fingerprint density at radius 3 is 2.31 bits per heavy atom. The molecule has 5 saturated carbocycles. The van der Waals surface area contributed by atoms with Gasteiger partial charge in [0.15, 0.2) is 0 Å². The van der Waals surface area contributed by atoms with Crippen LogP contribution in [0.2, 0.25) is 0 Å². The second kappa shape index (κ2) is 6.73. The Morgan fingerprint density at radius 1 is 0.969 bits per heavy atom. The van der Waals surface area contributed by atoms with Gasteiger partial charge in [-0.15, -0.1) is 0 Å². The van der Waals surface area contributed by atoms with Gasteiger partial charge in [-0.1, -0.05) is 46.8 Å². The molecular weight excluding hydrogens is 392 g/mol. The number of carbonyl (C=O) groups excluding carboxylic acids is 1. The molecule has 0 amide bonds. The van der Waals surface area contributed by atoms with Gasteiger partial charge >= 0.3 is 0 Å². The Kier molecular flexibility index (Phi) is 4.87. The summed E-state index contributed by atoms with van der Waals surface area (Å²) in [6.45, 7) is 16.1. The van der Waals surface area contributed by atoms with Gasteiger partial charge in [-0.25, -0.2) is 0 Å². The molecule has 0 unspecified atom stereocenters. The highest BCUT2D eigenvalue weighted by atomic mass is 16.3. The molecule has 2 spiro atoms. The maximum absolute atomic E-state index is 12.8. The first kappa shape index (κ1) is 23.1.